The molecule has 0 aliphatic carbocycles. The zero-order chi connectivity index (χ0) is 12.6. The molecule has 0 saturated carbocycles. The summed E-state index contributed by atoms with van der Waals surface area (Å²) in [7, 11) is 0. The summed E-state index contributed by atoms with van der Waals surface area (Å²) in [6.07, 6.45) is 8.35. The van der Waals surface area contributed by atoms with E-state index >= 15 is 0 Å². The van der Waals surface area contributed by atoms with E-state index in [0.717, 1.165) is 17.9 Å². The van der Waals surface area contributed by atoms with E-state index in [1.165, 1.54) is 25.7 Å². The van der Waals surface area contributed by atoms with Gasteiger partial charge in [-0.25, -0.2) is 9.67 Å². The van der Waals surface area contributed by atoms with Gasteiger partial charge in [0.05, 0.1) is 11.4 Å². The van der Waals surface area contributed by atoms with Crippen LogP contribution in [0.25, 0.3) is 5.69 Å². The molecule has 0 bridgehead atoms. The fraction of sp³-hybridized carbons (Fsp3) is 0.429. The minimum atomic E-state index is 1.01. The summed E-state index contributed by atoms with van der Waals surface area (Å²) in [4.78, 5) is 3.98. The van der Waals surface area contributed by atoms with Gasteiger partial charge in [0.25, 0.3) is 0 Å². The molecule has 0 amide bonds. The largest absolute Gasteiger partial charge is 0.383 e. The van der Waals surface area contributed by atoms with E-state index < -0.39 is 0 Å². The predicted octanol–water partition coefficient (Wildman–Crippen LogP) is 3.26. The SMILES string of the molecule is CCCCCCNc1ccccc1-n1cncn1. The number of hydrogen-bond donors (Lipinski definition) is 1. The highest BCUT2D eigenvalue weighted by Gasteiger charge is 2.03. The fourth-order valence-electron chi connectivity index (χ4n) is 1.93. The maximum absolute atomic E-state index is 4.17. The Balaban J connectivity index is 1.96. The van der Waals surface area contributed by atoms with Crippen LogP contribution in [0.2, 0.25) is 0 Å². The van der Waals surface area contributed by atoms with Crippen LogP contribution in [-0.4, -0.2) is 21.3 Å². The molecule has 4 nitrogen and oxygen atoms in total. The average molecular weight is 244 g/mol. The van der Waals surface area contributed by atoms with Gasteiger partial charge in [0, 0.05) is 6.54 Å². The van der Waals surface area contributed by atoms with Gasteiger partial charge in [0.15, 0.2) is 0 Å². The molecule has 18 heavy (non-hydrogen) atoms. The highest BCUT2D eigenvalue weighted by Crippen LogP contribution is 2.18. The molecule has 0 radical (unpaired) electrons. The second-order valence-corrected chi connectivity index (χ2v) is 4.34. The van der Waals surface area contributed by atoms with Crippen LogP contribution >= 0.6 is 0 Å². The van der Waals surface area contributed by atoms with Crippen molar-refractivity contribution in [2.75, 3.05) is 11.9 Å². The second kappa shape index (κ2) is 6.79. The summed E-state index contributed by atoms with van der Waals surface area (Å²) in [5, 5.41) is 7.64. The van der Waals surface area contributed by atoms with E-state index in [0.29, 0.717) is 0 Å². The number of nitrogens with one attached hydrogen (secondary N) is 1. The molecule has 1 aromatic carbocycles. The Kier molecular flexibility index (Phi) is 4.76. The topological polar surface area (TPSA) is 42.7 Å². The quantitative estimate of drug-likeness (QED) is 0.760. The van der Waals surface area contributed by atoms with Gasteiger partial charge >= 0.3 is 0 Å². The van der Waals surface area contributed by atoms with Gasteiger partial charge in [-0.2, -0.15) is 5.10 Å². The third kappa shape index (κ3) is 3.32. The molecule has 0 saturated heterocycles. The Bertz CT molecular complexity index is 451. The summed E-state index contributed by atoms with van der Waals surface area (Å²) in [6.45, 7) is 3.24. The van der Waals surface area contributed by atoms with Crippen molar-refractivity contribution in [1.29, 1.82) is 0 Å². The van der Waals surface area contributed by atoms with Crippen molar-refractivity contribution >= 4 is 5.69 Å². The van der Waals surface area contributed by atoms with Gasteiger partial charge in [-0.3, -0.25) is 0 Å². The monoisotopic (exact) mass is 244 g/mol. The minimum absolute atomic E-state index is 1.01. The molecule has 1 aromatic heterocycles. The molecule has 0 aliphatic rings. The number of aromatic nitrogens is 3. The molecule has 0 unspecified atom stereocenters. The van der Waals surface area contributed by atoms with E-state index in [9.17, 15) is 0 Å². The number of benzene rings is 1. The molecule has 0 spiro atoms. The van der Waals surface area contributed by atoms with Crippen LogP contribution < -0.4 is 5.32 Å². The molecule has 4 heteroatoms. The van der Waals surface area contributed by atoms with Crippen LogP contribution in [-0.2, 0) is 0 Å². The van der Waals surface area contributed by atoms with Crippen LogP contribution in [0, 0.1) is 0 Å². The first-order valence-electron chi connectivity index (χ1n) is 6.59. The summed E-state index contributed by atoms with van der Waals surface area (Å²) in [5.74, 6) is 0. The van der Waals surface area contributed by atoms with E-state index in [1.54, 1.807) is 17.3 Å². The number of nitrogens with zero attached hydrogens (tertiary/aromatic N) is 3. The van der Waals surface area contributed by atoms with E-state index in [1.807, 2.05) is 18.2 Å². The first-order valence-corrected chi connectivity index (χ1v) is 6.59. The van der Waals surface area contributed by atoms with E-state index in [4.69, 9.17) is 0 Å². The number of anilines is 1. The summed E-state index contributed by atoms with van der Waals surface area (Å²) in [6, 6.07) is 8.17. The normalized spacial score (nSPS) is 10.5. The Hall–Kier alpha value is -1.84. The number of rotatable bonds is 7. The van der Waals surface area contributed by atoms with Gasteiger partial charge in [0.2, 0.25) is 0 Å². The highest BCUT2D eigenvalue weighted by atomic mass is 15.3. The first kappa shape index (κ1) is 12.6. The Morgan fingerprint density at radius 3 is 2.83 bits per heavy atom. The van der Waals surface area contributed by atoms with Crippen LogP contribution in [0.3, 0.4) is 0 Å². The van der Waals surface area contributed by atoms with Gasteiger partial charge in [-0.05, 0) is 18.6 Å². The van der Waals surface area contributed by atoms with E-state index in [2.05, 4.69) is 28.4 Å². The fourth-order valence-corrected chi connectivity index (χ4v) is 1.93. The molecule has 96 valence electrons. The van der Waals surface area contributed by atoms with Crippen LogP contribution in [0.5, 0.6) is 0 Å². The standard InChI is InChI=1S/C14H20N4/c1-2-3-4-7-10-16-13-8-5-6-9-14(13)18-12-15-11-17-18/h5-6,8-9,11-12,16H,2-4,7,10H2,1H3. The van der Waals surface area contributed by atoms with Crippen molar-refractivity contribution in [2.45, 2.75) is 32.6 Å². The van der Waals surface area contributed by atoms with Crippen LogP contribution in [0.15, 0.2) is 36.9 Å². The highest BCUT2D eigenvalue weighted by molar-refractivity contribution is 5.60. The Morgan fingerprint density at radius 2 is 2.06 bits per heavy atom. The van der Waals surface area contributed by atoms with Crippen LogP contribution in [0.4, 0.5) is 5.69 Å². The maximum Gasteiger partial charge on any atom is 0.138 e. The number of para-hydroxylation sites is 2. The van der Waals surface area contributed by atoms with E-state index in [-0.39, 0.29) is 0 Å². The predicted molar refractivity (Wildman–Crippen MR) is 74.0 cm³/mol. The number of hydrogen-bond acceptors (Lipinski definition) is 3. The lowest BCUT2D eigenvalue weighted by molar-refractivity contribution is 0.684. The van der Waals surface area contributed by atoms with Gasteiger partial charge < -0.3 is 5.32 Å². The van der Waals surface area contributed by atoms with Crippen molar-refractivity contribution in [3.05, 3.63) is 36.9 Å². The number of unbranched alkanes of at least 4 members (excludes halogenated alkanes) is 3. The molecular weight excluding hydrogens is 224 g/mol. The van der Waals surface area contributed by atoms with Crippen molar-refractivity contribution in [1.82, 2.24) is 14.8 Å². The lowest BCUT2D eigenvalue weighted by Crippen LogP contribution is -2.06. The summed E-state index contributed by atoms with van der Waals surface area (Å²) in [5.41, 5.74) is 2.16. The van der Waals surface area contributed by atoms with Crippen molar-refractivity contribution < 1.29 is 0 Å². The van der Waals surface area contributed by atoms with Crippen molar-refractivity contribution in [2.24, 2.45) is 0 Å². The molecule has 0 atom stereocenters. The first-order chi connectivity index (χ1) is 8.92. The van der Waals surface area contributed by atoms with Gasteiger partial charge in [-0.15, -0.1) is 0 Å². The summed E-state index contributed by atoms with van der Waals surface area (Å²) >= 11 is 0. The lowest BCUT2D eigenvalue weighted by Gasteiger charge is -2.11. The lowest BCUT2D eigenvalue weighted by atomic mass is 10.2. The second-order valence-electron chi connectivity index (χ2n) is 4.34. The average Bonchev–Trinajstić information content (AvgIpc) is 2.93. The third-order valence-electron chi connectivity index (χ3n) is 2.92. The summed E-state index contributed by atoms with van der Waals surface area (Å²) < 4.78 is 1.79. The molecule has 2 rings (SSSR count). The van der Waals surface area contributed by atoms with Crippen molar-refractivity contribution in [3.8, 4) is 5.69 Å². The van der Waals surface area contributed by atoms with Crippen molar-refractivity contribution in [3.63, 3.8) is 0 Å². The zero-order valence-electron chi connectivity index (χ0n) is 10.8. The molecule has 2 aromatic rings. The molecule has 1 N–H and O–H groups in total. The zero-order valence-corrected chi connectivity index (χ0v) is 10.8. The minimum Gasteiger partial charge on any atom is -0.383 e. The van der Waals surface area contributed by atoms with Crippen LogP contribution in [0.1, 0.15) is 32.6 Å². The molecular formula is C14H20N4. The smallest absolute Gasteiger partial charge is 0.138 e. The third-order valence-corrected chi connectivity index (χ3v) is 2.92. The Labute approximate surface area is 108 Å². The Morgan fingerprint density at radius 1 is 1.17 bits per heavy atom. The molecule has 0 aliphatic heterocycles. The maximum atomic E-state index is 4.17. The van der Waals surface area contributed by atoms with Gasteiger partial charge in [-0.1, -0.05) is 38.3 Å². The molecule has 1 heterocycles. The molecule has 0 fully saturated rings. The van der Waals surface area contributed by atoms with Gasteiger partial charge in [0.1, 0.15) is 12.7 Å².